The molecule has 0 saturated heterocycles. The quantitative estimate of drug-likeness (QED) is 0.736. The summed E-state index contributed by atoms with van der Waals surface area (Å²) in [6.45, 7) is 1.73. The van der Waals surface area contributed by atoms with E-state index in [0.717, 1.165) is 17.8 Å². The van der Waals surface area contributed by atoms with Gasteiger partial charge in [-0.2, -0.15) is 13.2 Å². The number of alkyl halides is 4. The third kappa shape index (κ3) is 3.64. The molecule has 7 heteroatoms. The summed E-state index contributed by atoms with van der Waals surface area (Å²) in [6, 6.07) is 4.79. The third-order valence-electron chi connectivity index (χ3n) is 2.53. The zero-order valence-electron chi connectivity index (χ0n) is 10.4. The Morgan fingerprint density at radius 3 is 2.75 bits per heavy atom. The normalized spacial score (nSPS) is 13.2. The van der Waals surface area contributed by atoms with Gasteiger partial charge < -0.3 is 4.74 Å². The van der Waals surface area contributed by atoms with Crippen LogP contribution in [0.2, 0.25) is 0 Å². The van der Waals surface area contributed by atoms with Gasteiger partial charge in [-0.1, -0.05) is 6.07 Å². The van der Waals surface area contributed by atoms with Crippen molar-refractivity contribution in [2.24, 2.45) is 0 Å². The number of benzene rings is 1. The predicted octanol–water partition coefficient (Wildman–Crippen LogP) is 5.04. The van der Waals surface area contributed by atoms with Crippen LogP contribution in [0.5, 0.6) is 5.75 Å². The van der Waals surface area contributed by atoms with Gasteiger partial charge in [-0.15, -0.1) is 22.9 Å². The second-order valence-corrected chi connectivity index (χ2v) is 5.25. The highest BCUT2D eigenvalue weighted by Crippen LogP contribution is 2.32. The van der Waals surface area contributed by atoms with Gasteiger partial charge in [0.15, 0.2) is 0 Å². The van der Waals surface area contributed by atoms with Crippen LogP contribution in [-0.2, 0) is 12.1 Å². The molecule has 0 bridgehead atoms. The zero-order valence-corrected chi connectivity index (χ0v) is 12.0. The number of hydrogen-bond donors (Lipinski definition) is 0. The number of thiazole rings is 1. The van der Waals surface area contributed by atoms with Crippen LogP contribution >= 0.6 is 22.9 Å². The SMILES string of the molecule is CC(Oc1cccc(C(F)(F)F)c1)c1nc(CCl)cs1. The van der Waals surface area contributed by atoms with Crippen LogP contribution in [0.15, 0.2) is 29.6 Å². The Morgan fingerprint density at radius 1 is 1.40 bits per heavy atom. The first-order valence-electron chi connectivity index (χ1n) is 5.74. The molecule has 1 heterocycles. The van der Waals surface area contributed by atoms with Crippen molar-refractivity contribution in [3.05, 3.63) is 45.9 Å². The molecule has 1 aromatic carbocycles. The van der Waals surface area contributed by atoms with E-state index in [9.17, 15) is 13.2 Å². The minimum Gasteiger partial charge on any atom is -0.484 e. The summed E-state index contributed by atoms with van der Waals surface area (Å²) in [7, 11) is 0. The molecule has 2 nitrogen and oxygen atoms in total. The van der Waals surface area contributed by atoms with E-state index in [0.29, 0.717) is 10.9 Å². The van der Waals surface area contributed by atoms with Gasteiger partial charge in [-0.3, -0.25) is 0 Å². The van der Waals surface area contributed by atoms with Gasteiger partial charge in [0, 0.05) is 5.38 Å². The fourth-order valence-corrected chi connectivity index (χ4v) is 2.60. The maximum atomic E-state index is 12.6. The van der Waals surface area contributed by atoms with Crippen LogP contribution in [0.25, 0.3) is 0 Å². The van der Waals surface area contributed by atoms with Gasteiger partial charge in [0.25, 0.3) is 0 Å². The maximum absolute atomic E-state index is 12.6. The van der Waals surface area contributed by atoms with Gasteiger partial charge in [-0.05, 0) is 25.1 Å². The molecule has 1 atom stereocenters. The maximum Gasteiger partial charge on any atom is 0.416 e. The van der Waals surface area contributed by atoms with Gasteiger partial charge in [-0.25, -0.2) is 4.98 Å². The van der Waals surface area contributed by atoms with Gasteiger partial charge in [0.1, 0.15) is 16.9 Å². The molecule has 0 aliphatic rings. The summed E-state index contributed by atoms with van der Waals surface area (Å²) < 4.78 is 43.3. The lowest BCUT2D eigenvalue weighted by Crippen LogP contribution is -2.07. The average Bonchev–Trinajstić information content (AvgIpc) is 2.87. The first kappa shape index (κ1) is 15.1. The van der Waals surface area contributed by atoms with E-state index in [1.165, 1.54) is 23.5 Å². The lowest BCUT2D eigenvalue weighted by Gasteiger charge is -2.14. The molecule has 2 rings (SSSR count). The number of nitrogens with zero attached hydrogens (tertiary/aromatic N) is 1. The summed E-state index contributed by atoms with van der Waals surface area (Å²) in [6.07, 6.45) is -4.81. The summed E-state index contributed by atoms with van der Waals surface area (Å²) in [5.41, 5.74) is -0.00561. The molecule has 0 spiro atoms. The van der Waals surface area contributed by atoms with Crippen LogP contribution in [0, 0.1) is 0 Å². The molecule has 0 aliphatic heterocycles. The molecule has 1 unspecified atom stereocenters. The van der Waals surface area contributed by atoms with Crippen LogP contribution in [0.1, 0.15) is 29.3 Å². The zero-order chi connectivity index (χ0) is 14.8. The predicted molar refractivity (Wildman–Crippen MR) is 72.2 cm³/mol. The number of aromatic nitrogens is 1. The van der Waals surface area contributed by atoms with Crippen molar-refractivity contribution in [2.45, 2.75) is 25.1 Å². The van der Waals surface area contributed by atoms with Crippen molar-refractivity contribution in [3.8, 4) is 5.75 Å². The van der Waals surface area contributed by atoms with Gasteiger partial charge in [0.05, 0.1) is 17.1 Å². The number of hydrogen-bond acceptors (Lipinski definition) is 3. The van der Waals surface area contributed by atoms with Crippen LogP contribution in [0.4, 0.5) is 13.2 Å². The molecule has 0 N–H and O–H groups in total. The molecule has 1 aromatic heterocycles. The van der Waals surface area contributed by atoms with Crippen LogP contribution in [0.3, 0.4) is 0 Å². The second-order valence-electron chi connectivity index (χ2n) is 4.10. The Morgan fingerprint density at radius 2 is 2.15 bits per heavy atom. The van der Waals surface area contributed by atoms with Crippen molar-refractivity contribution in [1.29, 1.82) is 0 Å². The molecule has 0 radical (unpaired) electrons. The van der Waals surface area contributed by atoms with Gasteiger partial charge in [0.2, 0.25) is 0 Å². The molecule has 0 saturated carbocycles. The third-order valence-corrected chi connectivity index (χ3v) is 3.86. The van der Waals surface area contributed by atoms with E-state index in [1.54, 1.807) is 12.3 Å². The van der Waals surface area contributed by atoms with Crippen molar-refractivity contribution in [1.82, 2.24) is 4.98 Å². The largest absolute Gasteiger partial charge is 0.484 e. The first-order chi connectivity index (χ1) is 9.40. The Hall–Kier alpha value is -1.27. The topological polar surface area (TPSA) is 22.1 Å². The van der Waals surface area contributed by atoms with Crippen molar-refractivity contribution in [3.63, 3.8) is 0 Å². The van der Waals surface area contributed by atoms with E-state index in [1.807, 2.05) is 0 Å². The fraction of sp³-hybridized carbons (Fsp3) is 0.308. The number of ether oxygens (including phenoxy) is 1. The van der Waals surface area contributed by atoms with Crippen LogP contribution < -0.4 is 4.74 Å². The molecule has 108 valence electrons. The highest BCUT2D eigenvalue weighted by Gasteiger charge is 2.30. The fourth-order valence-electron chi connectivity index (χ4n) is 1.57. The standard InChI is InChI=1S/C13H11ClF3NOS/c1-8(12-18-10(6-14)7-20-12)19-11-4-2-3-9(5-11)13(15,16)17/h2-5,7-8H,6H2,1H3. The summed E-state index contributed by atoms with van der Waals surface area (Å²) >= 11 is 7.02. The lowest BCUT2D eigenvalue weighted by molar-refractivity contribution is -0.137. The summed E-state index contributed by atoms with van der Waals surface area (Å²) in [5, 5.41) is 2.48. The van der Waals surface area contributed by atoms with Gasteiger partial charge >= 0.3 is 6.18 Å². The van der Waals surface area contributed by atoms with E-state index in [2.05, 4.69) is 4.98 Å². The van der Waals surface area contributed by atoms with Crippen molar-refractivity contribution in [2.75, 3.05) is 0 Å². The molecule has 20 heavy (non-hydrogen) atoms. The van der Waals surface area contributed by atoms with Crippen LogP contribution in [-0.4, -0.2) is 4.98 Å². The number of rotatable bonds is 4. The van der Waals surface area contributed by atoms with E-state index in [4.69, 9.17) is 16.3 Å². The van der Waals surface area contributed by atoms with Crippen molar-refractivity contribution >= 4 is 22.9 Å². The molecule has 0 fully saturated rings. The summed E-state index contributed by atoms with van der Waals surface area (Å²) in [4.78, 5) is 4.24. The molecular weight excluding hydrogens is 311 g/mol. The smallest absolute Gasteiger partial charge is 0.416 e. The average molecular weight is 322 g/mol. The second kappa shape index (κ2) is 6.01. The Balaban J connectivity index is 2.13. The van der Waals surface area contributed by atoms with E-state index in [-0.39, 0.29) is 5.75 Å². The van der Waals surface area contributed by atoms with E-state index < -0.39 is 17.8 Å². The van der Waals surface area contributed by atoms with E-state index >= 15 is 0 Å². The Bertz CT molecular complexity index is 585. The Labute approximate surface area is 123 Å². The number of halogens is 4. The molecule has 2 aromatic rings. The highest BCUT2D eigenvalue weighted by atomic mass is 35.5. The molecule has 0 amide bonds. The molecular formula is C13H11ClF3NOS. The minimum absolute atomic E-state index is 0.162. The lowest BCUT2D eigenvalue weighted by atomic mass is 10.2. The Kier molecular flexibility index (Phi) is 4.55. The molecule has 0 aliphatic carbocycles. The van der Waals surface area contributed by atoms with Crippen molar-refractivity contribution < 1.29 is 17.9 Å². The minimum atomic E-state index is -4.38. The summed E-state index contributed by atoms with van der Waals surface area (Å²) in [5.74, 6) is 0.460. The highest BCUT2D eigenvalue weighted by molar-refractivity contribution is 7.09. The monoisotopic (exact) mass is 321 g/mol. The first-order valence-corrected chi connectivity index (χ1v) is 7.15.